The van der Waals surface area contributed by atoms with Gasteiger partial charge in [0.15, 0.2) is 5.84 Å². The monoisotopic (exact) mass is 307 g/mol. The molecule has 112 valence electrons. The molecule has 0 atom stereocenters. The molecule has 0 unspecified atom stereocenters. The lowest BCUT2D eigenvalue weighted by molar-refractivity contribution is 0.273. The van der Waals surface area contributed by atoms with Gasteiger partial charge in [-0.25, -0.2) is 4.39 Å². The van der Waals surface area contributed by atoms with Crippen LogP contribution < -0.4 is 5.73 Å². The third kappa shape index (κ3) is 4.27. The summed E-state index contributed by atoms with van der Waals surface area (Å²) in [5.74, 6) is -0.474. The number of amidine groups is 1. The first-order valence-corrected chi connectivity index (χ1v) is 7.52. The van der Waals surface area contributed by atoms with Crippen molar-refractivity contribution in [2.24, 2.45) is 10.9 Å². The first kappa shape index (κ1) is 15.5. The van der Waals surface area contributed by atoms with E-state index in [0.717, 1.165) is 18.7 Å². The van der Waals surface area contributed by atoms with Crippen LogP contribution in [0.5, 0.6) is 0 Å². The average molecular weight is 307 g/mol. The van der Waals surface area contributed by atoms with Crippen LogP contribution in [0.25, 0.3) is 0 Å². The van der Waals surface area contributed by atoms with Crippen LogP contribution >= 0.6 is 11.3 Å². The minimum atomic E-state index is -0.388. The number of benzene rings is 1. The molecule has 0 aliphatic rings. The van der Waals surface area contributed by atoms with Crippen LogP contribution in [0.1, 0.15) is 22.9 Å². The Morgan fingerprint density at radius 3 is 2.81 bits per heavy atom. The van der Waals surface area contributed by atoms with E-state index in [1.54, 1.807) is 17.4 Å². The predicted molar refractivity (Wildman–Crippen MR) is 83.0 cm³/mol. The smallest absolute Gasteiger partial charge is 0.170 e. The maximum atomic E-state index is 13.6. The van der Waals surface area contributed by atoms with E-state index in [9.17, 15) is 4.39 Å². The summed E-state index contributed by atoms with van der Waals surface area (Å²) in [5.41, 5.74) is 6.72. The normalized spacial score (nSPS) is 12.0. The number of nitrogens with zero attached hydrogens (tertiary/aromatic N) is 2. The van der Waals surface area contributed by atoms with E-state index in [1.165, 1.54) is 17.0 Å². The van der Waals surface area contributed by atoms with Gasteiger partial charge >= 0.3 is 0 Å². The molecule has 0 amide bonds. The lowest BCUT2D eigenvalue weighted by atomic mass is 10.1. The molecule has 1 heterocycles. The van der Waals surface area contributed by atoms with Crippen LogP contribution in [-0.4, -0.2) is 22.5 Å². The van der Waals surface area contributed by atoms with Gasteiger partial charge in [-0.05, 0) is 41.8 Å². The van der Waals surface area contributed by atoms with E-state index >= 15 is 0 Å². The first-order valence-electron chi connectivity index (χ1n) is 6.64. The van der Waals surface area contributed by atoms with Gasteiger partial charge in [-0.1, -0.05) is 18.1 Å². The van der Waals surface area contributed by atoms with Crippen LogP contribution in [0.15, 0.2) is 40.9 Å². The van der Waals surface area contributed by atoms with E-state index in [-0.39, 0.29) is 11.7 Å². The Bertz CT molecular complexity index is 613. The van der Waals surface area contributed by atoms with Crippen molar-refractivity contribution in [2.45, 2.75) is 20.0 Å². The fourth-order valence-electron chi connectivity index (χ4n) is 2.11. The molecule has 0 radical (unpaired) electrons. The topological polar surface area (TPSA) is 61.8 Å². The van der Waals surface area contributed by atoms with Gasteiger partial charge < -0.3 is 10.9 Å². The van der Waals surface area contributed by atoms with Gasteiger partial charge in [0.2, 0.25) is 0 Å². The molecule has 1 aromatic carbocycles. The van der Waals surface area contributed by atoms with E-state index in [2.05, 4.69) is 23.0 Å². The molecule has 3 N–H and O–H groups in total. The quantitative estimate of drug-likeness (QED) is 0.373. The molecule has 2 rings (SSSR count). The number of hydrogen-bond acceptors (Lipinski definition) is 4. The van der Waals surface area contributed by atoms with Gasteiger partial charge in [-0.15, -0.1) is 11.3 Å². The van der Waals surface area contributed by atoms with Crippen molar-refractivity contribution in [3.05, 3.63) is 57.5 Å². The molecule has 6 heteroatoms. The number of oxime groups is 1. The Balaban J connectivity index is 2.15. The summed E-state index contributed by atoms with van der Waals surface area (Å²) in [6, 6.07) is 8.59. The predicted octanol–water partition coefficient (Wildman–Crippen LogP) is 3.00. The van der Waals surface area contributed by atoms with Crippen LogP contribution in [-0.2, 0) is 13.1 Å². The molecule has 0 saturated heterocycles. The first-order chi connectivity index (χ1) is 10.1. The van der Waals surface area contributed by atoms with Gasteiger partial charge in [-0.3, -0.25) is 4.90 Å². The highest BCUT2D eigenvalue weighted by Gasteiger charge is 2.09. The minimum Gasteiger partial charge on any atom is -0.409 e. The zero-order valence-corrected chi connectivity index (χ0v) is 12.6. The highest BCUT2D eigenvalue weighted by molar-refractivity contribution is 7.09. The van der Waals surface area contributed by atoms with Crippen molar-refractivity contribution in [3.63, 3.8) is 0 Å². The maximum Gasteiger partial charge on any atom is 0.170 e. The molecule has 2 aromatic rings. The molecule has 0 bridgehead atoms. The number of rotatable bonds is 6. The lowest BCUT2D eigenvalue weighted by Crippen LogP contribution is -2.22. The van der Waals surface area contributed by atoms with E-state index in [1.807, 2.05) is 11.4 Å². The fraction of sp³-hybridized carbons (Fsp3) is 0.267. The van der Waals surface area contributed by atoms with Gasteiger partial charge in [0.05, 0.1) is 0 Å². The molecule has 0 fully saturated rings. The summed E-state index contributed by atoms with van der Waals surface area (Å²) in [7, 11) is 0. The third-order valence-corrected chi connectivity index (χ3v) is 4.04. The van der Waals surface area contributed by atoms with Crippen molar-refractivity contribution >= 4 is 17.2 Å². The fourth-order valence-corrected chi connectivity index (χ4v) is 2.85. The third-order valence-electron chi connectivity index (χ3n) is 3.17. The SMILES string of the molecule is CCN(Cc1cc(F)cc(/C(N)=N/O)c1)Cc1cccs1. The van der Waals surface area contributed by atoms with Crippen molar-refractivity contribution in [3.8, 4) is 0 Å². The van der Waals surface area contributed by atoms with Gasteiger partial charge in [0.25, 0.3) is 0 Å². The molecule has 0 aliphatic carbocycles. The minimum absolute atomic E-state index is 0.0861. The lowest BCUT2D eigenvalue weighted by Gasteiger charge is -2.20. The molecule has 1 aromatic heterocycles. The number of nitrogens with two attached hydrogens (primary N) is 1. The summed E-state index contributed by atoms with van der Waals surface area (Å²) in [6.07, 6.45) is 0. The zero-order valence-electron chi connectivity index (χ0n) is 11.8. The Morgan fingerprint density at radius 2 is 2.19 bits per heavy atom. The van der Waals surface area contributed by atoms with E-state index < -0.39 is 0 Å². The maximum absolute atomic E-state index is 13.6. The number of thiophene rings is 1. The standard InChI is InChI=1S/C15H18FN3OS/c1-2-19(10-14-4-3-5-21-14)9-11-6-12(15(17)18-20)8-13(16)7-11/h3-8,20H,2,9-10H2,1H3,(H2,17,18). The highest BCUT2D eigenvalue weighted by atomic mass is 32.1. The summed E-state index contributed by atoms with van der Waals surface area (Å²) < 4.78 is 13.6. The van der Waals surface area contributed by atoms with Crippen LogP contribution in [0, 0.1) is 5.82 Å². The van der Waals surface area contributed by atoms with Crippen LogP contribution in [0.2, 0.25) is 0 Å². The van der Waals surface area contributed by atoms with Crippen molar-refractivity contribution < 1.29 is 9.60 Å². The Kier molecular flexibility index (Phi) is 5.30. The Hall–Kier alpha value is -1.92. The molecule has 21 heavy (non-hydrogen) atoms. The molecule has 0 aliphatic heterocycles. The summed E-state index contributed by atoms with van der Waals surface area (Å²) in [6.45, 7) is 4.35. The number of hydrogen-bond donors (Lipinski definition) is 2. The largest absolute Gasteiger partial charge is 0.409 e. The highest BCUT2D eigenvalue weighted by Crippen LogP contribution is 2.16. The molecule has 0 spiro atoms. The Labute approximate surface area is 127 Å². The van der Waals surface area contributed by atoms with Crippen LogP contribution in [0.3, 0.4) is 0 Å². The molecule has 0 saturated carbocycles. The molecular formula is C15H18FN3OS. The van der Waals surface area contributed by atoms with Crippen molar-refractivity contribution in [2.75, 3.05) is 6.54 Å². The van der Waals surface area contributed by atoms with Crippen molar-refractivity contribution in [1.29, 1.82) is 0 Å². The summed E-state index contributed by atoms with van der Waals surface area (Å²) in [5, 5.41) is 13.7. The van der Waals surface area contributed by atoms with Gasteiger partial charge in [0.1, 0.15) is 5.82 Å². The van der Waals surface area contributed by atoms with Gasteiger partial charge in [0, 0.05) is 23.5 Å². The second-order valence-corrected chi connectivity index (χ2v) is 5.75. The summed E-state index contributed by atoms with van der Waals surface area (Å²) in [4.78, 5) is 3.47. The Morgan fingerprint density at radius 1 is 1.38 bits per heavy atom. The number of halogens is 1. The molecule has 4 nitrogen and oxygen atoms in total. The van der Waals surface area contributed by atoms with E-state index in [0.29, 0.717) is 12.1 Å². The van der Waals surface area contributed by atoms with Gasteiger partial charge in [-0.2, -0.15) is 0 Å². The summed E-state index contributed by atoms with van der Waals surface area (Å²) >= 11 is 1.70. The van der Waals surface area contributed by atoms with Crippen LogP contribution in [0.4, 0.5) is 4.39 Å². The second-order valence-electron chi connectivity index (χ2n) is 4.72. The van der Waals surface area contributed by atoms with Crippen molar-refractivity contribution in [1.82, 2.24) is 4.90 Å². The average Bonchev–Trinajstić information content (AvgIpc) is 2.98. The molecular weight excluding hydrogens is 289 g/mol. The second kappa shape index (κ2) is 7.19. The van der Waals surface area contributed by atoms with E-state index in [4.69, 9.17) is 10.9 Å². The zero-order chi connectivity index (χ0) is 15.2.